The van der Waals surface area contributed by atoms with Crippen molar-refractivity contribution in [3.05, 3.63) is 54.8 Å². The minimum atomic E-state index is -1.92. The second kappa shape index (κ2) is 14.6. The lowest BCUT2D eigenvalue weighted by molar-refractivity contribution is 0.0257. The quantitative estimate of drug-likeness (QED) is 0.166. The van der Waals surface area contributed by atoms with Crippen molar-refractivity contribution in [3.63, 3.8) is 0 Å². The van der Waals surface area contributed by atoms with Crippen molar-refractivity contribution in [1.82, 2.24) is 14.1 Å². The van der Waals surface area contributed by atoms with E-state index >= 15 is 0 Å². The number of fused-ring (bicyclic) bond motifs is 3. The third kappa shape index (κ3) is 6.20. The minimum Gasteiger partial charge on any atom is -0.496 e. The molecule has 0 saturated carbocycles. The molecule has 0 fully saturated rings. The zero-order chi connectivity index (χ0) is 33.9. The Morgan fingerprint density at radius 1 is 0.915 bits per heavy atom. The average Bonchev–Trinajstić information content (AvgIpc) is 3.38. The Balaban J connectivity index is 1.35. The van der Waals surface area contributed by atoms with Gasteiger partial charge in [-0.25, -0.2) is 9.78 Å². The smallest absolute Gasteiger partial charge is 0.332 e. The van der Waals surface area contributed by atoms with E-state index in [-0.39, 0.29) is 64.0 Å². The number of benzene rings is 1. The zero-order valence-corrected chi connectivity index (χ0v) is 28.4. The molecule has 47 heavy (non-hydrogen) atoms. The fraction of sp³-hybridized carbons (Fsp3) is 0.571. The topological polar surface area (TPSA) is 139 Å². The Morgan fingerprint density at radius 2 is 1.51 bits per heavy atom. The highest BCUT2D eigenvalue weighted by molar-refractivity contribution is 6.36. The average molecular weight is 670 g/mol. The molecule has 3 aromatic rings. The molecule has 0 saturated heterocycles. The zero-order valence-electron chi connectivity index (χ0n) is 27.7. The Bertz CT molecular complexity index is 1800. The summed E-state index contributed by atoms with van der Waals surface area (Å²) in [5.74, 6) is -1.41. The van der Waals surface area contributed by atoms with Gasteiger partial charge in [0.05, 0.1) is 25.3 Å². The molecule has 2 aliphatic rings. The van der Waals surface area contributed by atoms with Gasteiger partial charge in [-0.1, -0.05) is 76.3 Å². The first-order chi connectivity index (χ1) is 22.6. The summed E-state index contributed by atoms with van der Waals surface area (Å²) in [5, 5.41) is 9.04. The number of aliphatic hydroxyl groups excluding tert-OH is 1. The van der Waals surface area contributed by atoms with Crippen LogP contribution in [0.25, 0.3) is 11.0 Å². The first-order valence-corrected chi connectivity index (χ1v) is 17.0. The summed E-state index contributed by atoms with van der Waals surface area (Å²) in [6.07, 6.45) is 11.8. The van der Waals surface area contributed by atoms with E-state index in [1.165, 1.54) is 61.2 Å². The maximum atomic E-state index is 14.3. The maximum Gasteiger partial charge on any atom is 0.332 e. The molecule has 5 rings (SSSR count). The normalized spacial score (nSPS) is 18.5. The van der Waals surface area contributed by atoms with Gasteiger partial charge in [-0.3, -0.25) is 23.5 Å². The summed E-state index contributed by atoms with van der Waals surface area (Å²) >= 11 is 6.54. The number of aromatic nitrogens is 3. The number of nitrogens with zero attached hydrogens (tertiary/aromatic N) is 3. The molecule has 1 aliphatic carbocycles. The number of rotatable bonds is 15. The van der Waals surface area contributed by atoms with Crippen molar-refractivity contribution >= 4 is 34.2 Å². The number of methoxy groups -OCH3 is 2. The fourth-order valence-electron chi connectivity index (χ4n) is 6.91. The van der Waals surface area contributed by atoms with Crippen LogP contribution in [0.1, 0.15) is 104 Å². The number of ether oxygens (including phenoxy) is 3. The van der Waals surface area contributed by atoms with Gasteiger partial charge in [0.2, 0.25) is 17.2 Å². The predicted molar refractivity (Wildman–Crippen MR) is 179 cm³/mol. The lowest BCUT2D eigenvalue weighted by atomic mass is 9.71. The third-order valence-electron chi connectivity index (χ3n) is 9.63. The SMILES string of the molecule is COc1cc(OC)c2c(c1Cl)OC1(C(=O)c3cc4c(=O)n(CCCCCCCCCCCCCO)c(=O)n(C)c4nc3CC1C)C2=O. The van der Waals surface area contributed by atoms with Crippen molar-refractivity contribution in [3.8, 4) is 17.2 Å². The van der Waals surface area contributed by atoms with Crippen LogP contribution in [-0.4, -0.2) is 57.2 Å². The second-order valence-corrected chi connectivity index (χ2v) is 13.0. The Kier molecular flexibility index (Phi) is 10.8. The van der Waals surface area contributed by atoms with Crippen LogP contribution in [0.3, 0.4) is 0 Å². The largest absolute Gasteiger partial charge is 0.496 e. The van der Waals surface area contributed by atoms with Crippen molar-refractivity contribution in [2.24, 2.45) is 13.0 Å². The summed E-state index contributed by atoms with van der Waals surface area (Å²) < 4.78 is 19.6. The molecular weight excluding hydrogens is 626 g/mol. The minimum absolute atomic E-state index is 0.0178. The van der Waals surface area contributed by atoms with Crippen LogP contribution >= 0.6 is 11.6 Å². The first-order valence-electron chi connectivity index (χ1n) is 16.6. The third-order valence-corrected chi connectivity index (χ3v) is 9.98. The van der Waals surface area contributed by atoms with Crippen LogP contribution in [0.15, 0.2) is 21.7 Å². The number of halogens is 1. The molecule has 12 heteroatoms. The molecule has 0 amide bonds. The van der Waals surface area contributed by atoms with Crippen molar-refractivity contribution < 1.29 is 28.9 Å². The van der Waals surface area contributed by atoms with E-state index in [1.54, 1.807) is 14.0 Å². The van der Waals surface area contributed by atoms with Crippen molar-refractivity contribution in [1.29, 1.82) is 0 Å². The second-order valence-electron chi connectivity index (χ2n) is 12.7. The summed E-state index contributed by atoms with van der Waals surface area (Å²) in [6, 6.07) is 2.93. The summed E-state index contributed by atoms with van der Waals surface area (Å²) in [4.78, 5) is 59.9. The molecule has 2 unspecified atom stereocenters. The highest BCUT2D eigenvalue weighted by Gasteiger charge is 2.62. The molecule has 254 valence electrons. The number of pyridine rings is 1. The predicted octanol–water partition coefficient (Wildman–Crippen LogP) is 5.44. The van der Waals surface area contributed by atoms with Gasteiger partial charge in [-0.2, -0.15) is 0 Å². The highest BCUT2D eigenvalue weighted by Crippen LogP contribution is 2.53. The molecule has 1 aliphatic heterocycles. The molecule has 11 nitrogen and oxygen atoms in total. The highest BCUT2D eigenvalue weighted by atomic mass is 35.5. The van der Waals surface area contributed by atoms with Crippen molar-refractivity contribution in [2.75, 3.05) is 20.8 Å². The number of carbonyl (C=O) groups is 2. The Hall–Kier alpha value is -3.70. The van der Waals surface area contributed by atoms with E-state index in [9.17, 15) is 19.2 Å². The van der Waals surface area contributed by atoms with Crippen LogP contribution in [0, 0.1) is 5.92 Å². The summed E-state index contributed by atoms with van der Waals surface area (Å²) in [7, 11) is 4.40. The number of hydrogen-bond donors (Lipinski definition) is 1. The van der Waals surface area contributed by atoms with E-state index in [2.05, 4.69) is 4.98 Å². The maximum absolute atomic E-state index is 14.3. The first kappa shape index (κ1) is 34.6. The number of unbranched alkanes of at least 4 members (excludes halogenated alkanes) is 10. The molecule has 1 N–H and O–H groups in total. The van der Waals surface area contributed by atoms with Crippen molar-refractivity contribution in [2.45, 2.75) is 96.1 Å². The van der Waals surface area contributed by atoms with Crippen LogP contribution in [-0.2, 0) is 20.0 Å². The summed E-state index contributed by atoms with van der Waals surface area (Å²) in [6.45, 7) is 2.26. The fourth-order valence-corrected chi connectivity index (χ4v) is 7.18. The van der Waals surface area contributed by atoms with Crippen LogP contribution < -0.4 is 25.5 Å². The number of aliphatic hydroxyl groups is 1. The summed E-state index contributed by atoms with van der Waals surface area (Å²) in [5.41, 5.74) is -2.14. The van der Waals surface area contributed by atoms with Gasteiger partial charge in [0, 0.05) is 37.7 Å². The molecule has 3 heterocycles. The Morgan fingerprint density at radius 3 is 2.11 bits per heavy atom. The standard InChI is InChI=1S/C35H44ClN3O8/c1-21-18-24-22(30(41)35(21)31(42)27-25(45-3)20-26(46-4)28(36)29(27)47-35)19-23-32(37-24)38(2)34(44)39(33(23)43)16-14-12-10-8-6-5-7-9-11-13-15-17-40/h19-21,40H,5-18H2,1-4H3. The monoisotopic (exact) mass is 669 g/mol. The van der Waals surface area contributed by atoms with E-state index in [0.29, 0.717) is 12.1 Å². The Labute approximate surface area is 278 Å². The molecule has 2 aromatic heterocycles. The van der Waals surface area contributed by atoms with Gasteiger partial charge >= 0.3 is 5.69 Å². The lowest BCUT2D eigenvalue weighted by Crippen LogP contribution is -2.57. The molecule has 0 bridgehead atoms. The number of aryl methyl sites for hydroxylation is 1. The van der Waals surface area contributed by atoms with Gasteiger partial charge in [-0.15, -0.1) is 0 Å². The number of Topliss-reactive ketones (excluding diaryl/α,β-unsaturated/α-hetero) is 2. The van der Waals surface area contributed by atoms with Gasteiger partial charge in [0.1, 0.15) is 27.7 Å². The molecule has 1 spiro atoms. The molecular formula is C35H44ClN3O8. The van der Waals surface area contributed by atoms with Gasteiger partial charge in [0.25, 0.3) is 5.56 Å². The lowest BCUT2D eigenvalue weighted by Gasteiger charge is -2.36. The van der Waals surface area contributed by atoms with Crippen LogP contribution in [0.4, 0.5) is 0 Å². The number of hydrogen-bond acceptors (Lipinski definition) is 9. The number of ketones is 2. The number of carbonyl (C=O) groups excluding carboxylic acids is 2. The van der Waals surface area contributed by atoms with Gasteiger partial charge < -0.3 is 19.3 Å². The van der Waals surface area contributed by atoms with Gasteiger partial charge in [0.15, 0.2) is 5.75 Å². The molecule has 2 atom stereocenters. The van der Waals surface area contributed by atoms with Crippen LogP contribution in [0.2, 0.25) is 5.02 Å². The molecule has 1 aromatic carbocycles. The van der Waals surface area contributed by atoms with Gasteiger partial charge in [-0.05, 0) is 25.3 Å². The van der Waals surface area contributed by atoms with E-state index in [0.717, 1.165) is 38.5 Å². The van der Waals surface area contributed by atoms with E-state index in [4.69, 9.17) is 30.9 Å². The van der Waals surface area contributed by atoms with E-state index in [1.807, 2.05) is 0 Å². The van der Waals surface area contributed by atoms with Crippen LogP contribution in [0.5, 0.6) is 17.2 Å². The van der Waals surface area contributed by atoms with E-state index < -0.39 is 34.3 Å². The molecule has 0 radical (unpaired) electrons.